The van der Waals surface area contributed by atoms with Crippen molar-refractivity contribution in [3.05, 3.63) is 28.1 Å². The SMILES string of the molecule is COC1C(OC(N)=O)C(O)C(Oc2ccc3c(O)c(N)c(=O)oc3c2C)OC1(C)C.Cl. The normalized spacial score (nSPS) is 24.9. The van der Waals surface area contributed by atoms with Gasteiger partial charge in [0.15, 0.2) is 23.6 Å². The van der Waals surface area contributed by atoms with Crippen molar-refractivity contribution in [1.82, 2.24) is 0 Å². The van der Waals surface area contributed by atoms with Crippen molar-refractivity contribution < 1.29 is 38.4 Å². The summed E-state index contributed by atoms with van der Waals surface area (Å²) in [5.41, 5.74) is 8.74. The Balaban J connectivity index is 0.00000341. The van der Waals surface area contributed by atoms with Crippen LogP contribution in [0.15, 0.2) is 21.3 Å². The van der Waals surface area contributed by atoms with Crippen molar-refractivity contribution >= 4 is 35.2 Å². The van der Waals surface area contributed by atoms with Crippen LogP contribution in [0.5, 0.6) is 11.5 Å². The van der Waals surface area contributed by atoms with Gasteiger partial charge in [-0.05, 0) is 32.9 Å². The second-order valence-electron chi connectivity index (χ2n) is 7.47. The third-order valence-corrected chi connectivity index (χ3v) is 5.05. The highest BCUT2D eigenvalue weighted by Gasteiger charge is 2.53. The number of nitrogen functional groups attached to an aromatic ring is 1. The summed E-state index contributed by atoms with van der Waals surface area (Å²) in [6.07, 6.45) is -5.80. The first kappa shape index (κ1) is 24.5. The van der Waals surface area contributed by atoms with Gasteiger partial charge in [0.1, 0.15) is 17.4 Å². The van der Waals surface area contributed by atoms with Crippen molar-refractivity contribution in [2.75, 3.05) is 12.8 Å². The fraction of sp³-hybridized carbons (Fsp3) is 0.474. The van der Waals surface area contributed by atoms with Crippen LogP contribution in [-0.4, -0.2) is 53.6 Å². The number of benzene rings is 1. The molecule has 1 saturated heterocycles. The molecule has 2 heterocycles. The molecule has 1 fully saturated rings. The molecular formula is C19H25ClN2O9. The number of amides is 1. The largest absolute Gasteiger partial charge is 0.505 e. The minimum atomic E-state index is -1.45. The maximum Gasteiger partial charge on any atom is 0.404 e. The summed E-state index contributed by atoms with van der Waals surface area (Å²) in [6.45, 7) is 4.94. The predicted molar refractivity (Wildman–Crippen MR) is 111 cm³/mol. The lowest BCUT2D eigenvalue weighted by atomic mass is 9.89. The van der Waals surface area contributed by atoms with E-state index in [-0.39, 0.29) is 29.1 Å². The van der Waals surface area contributed by atoms with E-state index >= 15 is 0 Å². The highest BCUT2D eigenvalue weighted by molar-refractivity contribution is 5.90. The second kappa shape index (κ2) is 8.79. The van der Waals surface area contributed by atoms with Gasteiger partial charge in [0.2, 0.25) is 6.29 Å². The molecule has 2 aromatic rings. The molecular weight excluding hydrogens is 436 g/mol. The average molecular weight is 461 g/mol. The summed E-state index contributed by atoms with van der Waals surface area (Å²) in [7, 11) is 1.38. The summed E-state index contributed by atoms with van der Waals surface area (Å²) in [4.78, 5) is 23.1. The third-order valence-electron chi connectivity index (χ3n) is 5.05. The number of ether oxygens (including phenoxy) is 4. The van der Waals surface area contributed by atoms with Crippen LogP contribution in [0, 0.1) is 6.92 Å². The van der Waals surface area contributed by atoms with Crippen LogP contribution in [0.25, 0.3) is 11.0 Å². The smallest absolute Gasteiger partial charge is 0.404 e. The average Bonchev–Trinajstić information content (AvgIpc) is 2.66. The predicted octanol–water partition coefficient (Wildman–Crippen LogP) is 1.16. The van der Waals surface area contributed by atoms with Crippen LogP contribution in [0.4, 0.5) is 10.5 Å². The zero-order valence-electron chi connectivity index (χ0n) is 17.3. The summed E-state index contributed by atoms with van der Waals surface area (Å²) in [6, 6.07) is 2.94. The molecule has 0 bridgehead atoms. The minimum Gasteiger partial charge on any atom is -0.505 e. The topological polar surface area (TPSA) is 177 Å². The molecule has 12 heteroatoms. The number of nitrogens with two attached hydrogens (primary N) is 2. The van der Waals surface area contributed by atoms with Gasteiger partial charge in [0, 0.05) is 12.7 Å². The highest BCUT2D eigenvalue weighted by atomic mass is 35.5. The van der Waals surface area contributed by atoms with E-state index in [9.17, 15) is 19.8 Å². The van der Waals surface area contributed by atoms with Gasteiger partial charge in [-0.1, -0.05) is 0 Å². The van der Waals surface area contributed by atoms with Crippen LogP contribution in [0.2, 0.25) is 0 Å². The Hall–Kier alpha value is -2.73. The quantitative estimate of drug-likeness (QED) is 0.484. The molecule has 1 aliphatic heterocycles. The summed E-state index contributed by atoms with van der Waals surface area (Å²) >= 11 is 0. The number of aliphatic hydroxyl groups excluding tert-OH is 1. The second-order valence-corrected chi connectivity index (χ2v) is 7.47. The number of hydrogen-bond donors (Lipinski definition) is 4. The Morgan fingerprint density at radius 2 is 1.94 bits per heavy atom. The molecule has 0 spiro atoms. The van der Waals surface area contributed by atoms with Crippen LogP contribution in [0.3, 0.4) is 0 Å². The van der Waals surface area contributed by atoms with Gasteiger partial charge in [0.25, 0.3) is 0 Å². The maximum atomic E-state index is 11.8. The number of methoxy groups -OCH3 is 1. The van der Waals surface area contributed by atoms with Gasteiger partial charge in [-0.2, -0.15) is 0 Å². The van der Waals surface area contributed by atoms with Gasteiger partial charge in [0.05, 0.1) is 11.0 Å². The number of aliphatic hydroxyl groups is 1. The first-order chi connectivity index (χ1) is 14.0. The molecule has 0 saturated carbocycles. The standard InChI is InChI=1S/C19H24N2O9.ClH/c1-7-9(6-5-8-11(22)10(20)16(24)28-13(7)8)27-17-12(23)14(29-18(21)25)15(26-4)19(2,3)30-17;/h5-6,12,14-15,17,22-23H,20H2,1-4H3,(H2,21,25);1H. The van der Waals surface area contributed by atoms with Crippen molar-refractivity contribution in [1.29, 1.82) is 0 Å². The molecule has 4 atom stereocenters. The van der Waals surface area contributed by atoms with E-state index < -0.39 is 53.4 Å². The summed E-state index contributed by atoms with van der Waals surface area (Å²) < 4.78 is 27.2. The van der Waals surface area contributed by atoms with Gasteiger partial charge >= 0.3 is 11.7 Å². The molecule has 0 aliphatic carbocycles. The number of carbonyl (C=O) groups is 1. The number of halogens is 1. The molecule has 172 valence electrons. The molecule has 6 N–H and O–H groups in total. The summed E-state index contributed by atoms with van der Waals surface area (Å²) in [5, 5.41) is 21.0. The van der Waals surface area contributed by atoms with E-state index in [0.29, 0.717) is 5.56 Å². The molecule has 0 radical (unpaired) electrons. The lowest BCUT2D eigenvalue weighted by Crippen LogP contribution is -2.65. The van der Waals surface area contributed by atoms with Gasteiger partial charge in [-0.3, -0.25) is 0 Å². The molecule has 1 aliphatic rings. The first-order valence-electron chi connectivity index (χ1n) is 9.04. The third kappa shape index (κ3) is 4.35. The van der Waals surface area contributed by atoms with Crippen molar-refractivity contribution in [3.8, 4) is 11.5 Å². The molecule has 11 nitrogen and oxygen atoms in total. The monoisotopic (exact) mass is 460 g/mol. The van der Waals surface area contributed by atoms with Crippen molar-refractivity contribution in [3.63, 3.8) is 0 Å². The van der Waals surface area contributed by atoms with E-state index in [1.54, 1.807) is 20.8 Å². The van der Waals surface area contributed by atoms with E-state index in [2.05, 4.69) is 0 Å². The van der Waals surface area contributed by atoms with Crippen LogP contribution in [-0.2, 0) is 14.2 Å². The number of hydrogen-bond acceptors (Lipinski definition) is 10. The Morgan fingerprint density at radius 3 is 2.52 bits per heavy atom. The van der Waals surface area contributed by atoms with E-state index in [4.69, 9.17) is 34.8 Å². The van der Waals surface area contributed by atoms with Crippen LogP contribution >= 0.6 is 12.4 Å². The van der Waals surface area contributed by atoms with Crippen molar-refractivity contribution in [2.24, 2.45) is 5.73 Å². The highest BCUT2D eigenvalue weighted by Crippen LogP contribution is 2.37. The zero-order chi connectivity index (χ0) is 22.4. The Morgan fingerprint density at radius 1 is 1.29 bits per heavy atom. The van der Waals surface area contributed by atoms with Gasteiger partial charge < -0.3 is 45.0 Å². The number of fused-ring (bicyclic) bond motifs is 1. The van der Waals surface area contributed by atoms with E-state index in [1.165, 1.54) is 19.2 Å². The maximum absolute atomic E-state index is 11.8. The number of anilines is 1. The number of carbonyl (C=O) groups excluding carboxylic acids is 1. The van der Waals surface area contributed by atoms with Gasteiger partial charge in [-0.15, -0.1) is 12.4 Å². The van der Waals surface area contributed by atoms with Gasteiger partial charge in [-0.25, -0.2) is 9.59 Å². The minimum absolute atomic E-state index is 0. The van der Waals surface area contributed by atoms with E-state index in [0.717, 1.165) is 0 Å². The van der Waals surface area contributed by atoms with Crippen LogP contribution in [0.1, 0.15) is 19.4 Å². The Kier molecular flexibility index (Phi) is 6.96. The molecule has 3 rings (SSSR count). The lowest BCUT2D eigenvalue weighted by molar-refractivity contribution is -0.304. The molecule has 1 aromatic heterocycles. The van der Waals surface area contributed by atoms with Crippen LogP contribution < -0.4 is 21.8 Å². The van der Waals surface area contributed by atoms with E-state index in [1.807, 2.05) is 0 Å². The number of rotatable bonds is 4. The van der Waals surface area contributed by atoms with Crippen molar-refractivity contribution in [2.45, 2.75) is 51.0 Å². The fourth-order valence-corrected chi connectivity index (χ4v) is 3.58. The lowest BCUT2D eigenvalue weighted by Gasteiger charge is -2.47. The first-order valence-corrected chi connectivity index (χ1v) is 9.04. The fourth-order valence-electron chi connectivity index (χ4n) is 3.58. The Bertz CT molecular complexity index is 1040. The molecule has 31 heavy (non-hydrogen) atoms. The number of aromatic hydroxyl groups is 1. The molecule has 1 aromatic carbocycles. The zero-order valence-corrected chi connectivity index (χ0v) is 18.1. The summed E-state index contributed by atoms with van der Waals surface area (Å²) in [5.74, 6) is -0.202. The number of primary amides is 1. The molecule has 4 unspecified atom stereocenters. The molecule has 1 amide bonds. The Labute approximate surface area is 183 Å². The number of aryl methyl sites for hydroxylation is 1.